The monoisotopic (exact) mass is 202 g/mol. The largest absolute Gasteiger partial charge is 0.334 e. The lowest BCUT2D eigenvalue weighted by Gasteiger charge is -2.01. The van der Waals surface area contributed by atoms with E-state index in [2.05, 4.69) is 36.2 Å². The molecule has 0 bridgehead atoms. The maximum atomic E-state index is 4.29. The maximum Gasteiger partial charge on any atom is 0.139 e. The van der Waals surface area contributed by atoms with Crippen molar-refractivity contribution < 1.29 is 0 Å². The summed E-state index contributed by atoms with van der Waals surface area (Å²) in [6, 6.07) is 8.36. The average Bonchev–Trinajstić information content (AvgIpc) is 2.67. The van der Waals surface area contributed by atoms with Crippen molar-refractivity contribution in [2.75, 3.05) is 0 Å². The van der Waals surface area contributed by atoms with Crippen LogP contribution in [0, 0.1) is 6.92 Å². The van der Waals surface area contributed by atoms with E-state index in [1.165, 1.54) is 11.1 Å². The molecule has 2 rings (SSSR count). The van der Waals surface area contributed by atoms with Gasteiger partial charge in [0.05, 0.1) is 0 Å². The van der Waals surface area contributed by atoms with Gasteiger partial charge in [-0.1, -0.05) is 37.6 Å². The molecule has 0 unspecified atom stereocenters. The van der Waals surface area contributed by atoms with Crippen LogP contribution in [0.5, 0.6) is 0 Å². The first-order valence-corrected chi connectivity index (χ1v) is 5.32. The molecule has 0 aliphatic rings. The SMILES string of the molecule is CC.Cc1cccc(-c2nccn2C)c1. The molecule has 1 aromatic heterocycles. The van der Waals surface area contributed by atoms with Gasteiger partial charge in [0.15, 0.2) is 0 Å². The second kappa shape index (κ2) is 5.35. The van der Waals surface area contributed by atoms with E-state index in [4.69, 9.17) is 0 Å². The fourth-order valence-electron chi connectivity index (χ4n) is 1.43. The number of hydrogen-bond acceptors (Lipinski definition) is 1. The Morgan fingerprint density at radius 3 is 2.47 bits per heavy atom. The Hall–Kier alpha value is -1.57. The third-order valence-corrected chi connectivity index (χ3v) is 2.10. The Labute approximate surface area is 91.6 Å². The molecule has 2 heteroatoms. The van der Waals surface area contributed by atoms with Gasteiger partial charge in [-0.05, 0) is 13.0 Å². The van der Waals surface area contributed by atoms with E-state index in [9.17, 15) is 0 Å². The third kappa shape index (κ3) is 2.69. The van der Waals surface area contributed by atoms with Crippen LogP contribution in [0.1, 0.15) is 19.4 Å². The number of aromatic nitrogens is 2. The van der Waals surface area contributed by atoms with Gasteiger partial charge in [0, 0.05) is 25.0 Å². The van der Waals surface area contributed by atoms with Crippen LogP contribution in [0.3, 0.4) is 0 Å². The number of hydrogen-bond donors (Lipinski definition) is 0. The van der Waals surface area contributed by atoms with E-state index >= 15 is 0 Å². The molecule has 0 radical (unpaired) electrons. The van der Waals surface area contributed by atoms with Crippen LogP contribution in [0.2, 0.25) is 0 Å². The van der Waals surface area contributed by atoms with Gasteiger partial charge in [0.25, 0.3) is 0 Å². The molecule has 1 aromatic carbocycles. The molecule has 0 fully saturated rings. The smallest absolute Gasteiger partial charge is 0.139 e. The van der Waals surface area contributed by atoms with Gasteiger partial charge in [-0.25, -0.2) is 4.98 Å². The van der Waals surface area contributed by atoms with Crippen molar-refractivity contribution >= 4 is 0 Å². The van der Waals surface area contributed by atoms with Crippen LogP contribution in [0.25, 0.3) is 11.4 Å². The van der Waals surface area contributed by atoms with Gasteiger partial charge < -0.3 is 4.57 Å². The van der Waals surface area contributed by atoms with Crippen molar-refractivity contribution in [2.24, 2.45) is 7.05 Å². The highest BCUT2D eigenvalue weighted by Crippen LogP contribution is 2.17. The number of benzene rings is 1. The van der Waals surface area contributed by atoms with Crippen LogP contribution in [0.4, 0.5) is 0 Å². The van der Waals surface area contributed by atoms with Crippen molar-refractivity contribution in [1.29, 1.82) is 0 Å². The Balaban J connectivity index is 0.000000531. The van der Waals surface area contributed by atoms with Crippen molar-refractivity contribution in [3.05, 3.63) is 42.2 Å². The standard InChI is InChI=1S/C11H12N2.C2H6/c1-9-4-3-5-10(8-9)11-12-6-7-13(11)2;1-2/h3-8H,1-2H3;1-2H3. The molecule has 15 heavy (non-hydrogen) atoms. The molecule has 2 aromatic rings. The summed E-state index contributed by atoms with van der Waals surface area (Å²) in [6.07, 6.45) is 3.77. The second-order valence-corrected chi connectivity index (χ2v) is 3.23. The minimum atomic E-state index is 1.02. The molecule has 0 atom stereocenters. The van der Waals surface area contributed by atoms with Gasteiger partial charge in [0.2, 0.25) is 0 Å². The molecule has 0 spiro atoms. The molecule has 0 saturated heterocycles. The third-order valence-electron chi connectivity index (χ3n) is 2.10. The average molecular weight is 202 g/mol. The number of imidazole rings is 1. The Morgan fingerprint density at radius 2 is 1.93 bits per heavy atom. The molecular formula is C13H18N2. The Morgan fingerprint density at radius 1 is 1.20 bits per heavy atom. The summed E-state index contributed by atoms with van der Waals surface area (Å²) in [5.74, 6) is 1.02. The first kappa shape index (κ1) is 11.5. The van der Waals surface area contributed by atoms with Crippen molar-refractivity contribution in [3.8, 4) is 11.4 Å². The predicted molar refractivity (Wildman–Crippen MR) is 64.7 cm³/mol. The second-order valence-electron chi connectivity index (χ2n) is 3.23. The highest BCUT2D eigenvalue weighted by atomic mass is 15.0. The normalized spacial score (nSPS) is 9.33. The Kier molecular flexibility index (Phi) is 4.10. The molecule has 0 N–H and O–H groups in total. The van der Waals surface area contributed by atoms with Gasteiger partial charge in [-0.3, -0.25) is 0 Å². The lowest BCUT2D eigenvalue weighted by Crippen LogP contribution is -1.90. The quantitative estimate of drug-likeness (QED) is 0.692. The van der Waals surface area contributed by atoms with Gasteiger partial charge in [-0.15, -0.1) is 0 Å². The summed E-state index contributed by atoms with van der Waals surface area (Å²) in [4.78, 5) is 4.29. The zero-order chi connectivity index (χ0) is 11.3. The van der Waals surface area contributed by atoms with E-state index in [1.807, 2.05) is 37.9 Å². The highest BCUT2D eigenvalue weighted by Gasteiger charge is 2.01. The van der Waals surface area contributed by atoms with Crippen LogP contribution >= 0.6 is 0 Å². The van der Waals surface area contributed by atoms with Gasteiger partial charge in [-0.2, -0.15) is 0 Å². The van der Waals surface area contributed by atoms with Gasteiger partial charge in [0.1, 0.15) is 5.82 Å². The van der Waals surface area contributed by atoms with Crippen LogP contribution in [-0.2, 0) is 7.05 Å². The van der Waals surface area contributed by atoms with Crippen LogP contribution < -0.4 is 0 Å². The maximum absolute atomic E-state index is 4.29. The summed E-state index contributed by atoms with van der Waals surface area (Å²) in [7, 11) is 2.00. The van der Waals surface area contributed by atoms with Crippen LogP contribution in [0.15, 0.2) is 36.7 Å². The topological polar surface area (TPSA) is 17.8 Å². The molecule has 0 saturated carbocycles. The Bertz CT molecular complexity index is 416. The molecule has 80 valence electrons. The summed E-state index contributed by atoms with van der Waals surface area (Å²) in [5, 5.41) is 0. The molecule has 0 amide bonds. The van der Waals surface area contributed by atoms with Crippen molar-refractivity contribution in [2.45, 2.75) is 20.8 Å². The number of aryl methyl sites for hydroxylation is 2. The van der Waals surface area contributed by atoms with Gasteiger partial charge >= 0.3 is 0 Å². The minimum absolute atomic E-state index is 1.02. The zero-order valence-electron chi connectivity index (χ0n) is 9.86. The first-order chi connectivity index (χ1) is 7.27. The molecule has 2 nitrogen and oxygen atoms in total. The number of rotatable bonds is 1. The molecule has 0 aliphatic carbocycles. The van der Waals surface area contributed by atoms with E-state index < -0.39 is 0 Å². The van der Waals surface area contributed by atoms with E-state index in [1.54, 1.807) is 0 Å². The van der Waals surface area contributed by atoms with Crippen molar-refractivity contribution in [1.82, 2.24) is 9.55 Å². The number of nitrogens with zero attached hydrogens (tertiary/aromatic N) is 2. The lowest BCUT2D eigenvalue weighted by atomic mass is 10.1. The zero-order valence-corrected chi connectivity index (χ0v) is 9.86. The van der Waals surface area contributed by atoms with E-state index in [-0.39, 0.29) is 0 Å². The fraction of sp³-hybridized carbons (Fsp3) is 0.308. The highest BCUT2D eigenvalue weighted by molar-refractivity contribution is 5.56. The summed E-state index contributed by atoms with van der Waals surface area (Å²) >= 11 is 0. The predicted octanol–water partition coefficient (Wildman–Crippen LogP) is 3.42. The van der Waals surface area contributed by atoms with E-state index in [0.717, 1.165) is 5.82 Å². The first-order valence-electron chi connectivity index (χ1n) is 5.32. The summed E-state index contributed by atoms with van der Waals surface area (Å²) in [6.45, 7) is 6.09. The van der Waals surface area contributed by atoms with Crippen LogP contribution in [-0.4, -0.2) is 9.55 Å². The van der Waals surface area contributed by atoms with E-state index in [0.29, 0.717) is 0 Å². The summed E-state index contributed by atoms with van der Waals surface area (Å²) < 4.78 is 2.02. The molecule has 0 aliphatic heterocycles. The lowest BCUT2D eigenvalue weighted by molar-refractivity contribution is 0.924. The fourth-order valence-corrected chi connectivity index (χ4v) is 1.43. The molecular weight excluding hydrogens is 184 g/mol. The minimum Gasteiger partial charge on any atom is -0.334 e. The van der Waals surface area contributed by atoms with Crippen molar-refractivity contribution in [3.63, 3.8) is 0 Å². The molecule has 1 heterocycles. The summed E-state index contributed by atoms with van der Waals surface area (Å²) in [5.41, 5.74) is 2.44.